The Labute approximate surface area is 88.5 Å². The van der Waals surface area contributed by atoms with Gasteiger partial charge in [0.1, 0.15) is 0 Å². The molecule has 15 heavy (non-hydrogen) atoms. The monoisotopic (exact) mass is 215 g/mol. The number of aliphatic hydroxyl groups is 1. The van der Waals surface area contributed by atoms with Gasteiger partial charge in [-0.3, -0.25) is 9.59 Å². The zero-order valence-electron chi connectivity index (χ0n) is 8.61. The number of amides is 1. The SMILES string of the molecule is O=C(O)C1CC1C(=O)NCCCCCO. The number of aliphatic carboxylic acids is 1. The maximum absolute atomic E-state index is 11.3. The minimum Gasteiger partial charge on any atom is -0.481 e. The molecule has 0 bridgehead atoms. The normalized spacial score (nSPS) is 23.5. The summed E-state index contributed by atoms with van der Waals surface area (Å²) in [5, 5.41) is 19.8. The van der Waals surface area contributed by atoms with Crippen LogP contribution in [0, 0.1) is 11.8 Å². The number of rotatable bonds is 7. The highest BCUT2D eigenvalue weighted by Gasteiger charge is 2.48. The fourth-order valence-electron chi connectivity index (χ4n) is 1.51. The van der Waals surface area contributed by atoms with Gasteiger partial charge in [-0.1, -0.05) is 0 Å². The smallest absolute Gasteiger partial charge is 0.307 e. The molecule has 1 aliphatic rings. The van der Waals surface area contributed by atoms with Crippen molar-refractivity contribution >= 4 is 11.9 Å². The van der Waals surface area contributed by atoms with Gasteiger partial charge < -0.3 is 15.5 Å². The predicted molar refractivity (Wildman–Crippen MR) is 53.2 cm³/mol. The van der Waals surface area contributed by atoms with Crippen molar-refractivity contribution < 1.29 is 19.8 Å². The van der Waals surface area contributed by atoms with E-state index in [9.17, 15) is 9.59 Å². The molecular weight excluding hydrogens is 198 g/mol. The fourth-order valence-corrected chi connectivity index (χ4v) is 1.51. The Kier molecular flexibility index (Phi) is 4.55. The van der Waals surface area contributed by atoms with Crippen molar-refractivity contribution in [1.29, 1.82) is 0 Å². The molecule has 1 rings (SSSR count). The van der Waals surface area contributed by atoms with Crippen LogP contribution in [-0.2, 0) is 9.59 Å². The Morgan fingerprint density at radius 2 is 1.93 bits per heavy atom. The molecule has 0 saturated heterocycles. The number of aliphatic hydroxyl groups excluding tert-OH is 1. The number of hydrogen-bond acceptors (Lipinski definition) is 3. The number of carboxylic acids is 1. The summed E-state index contributed by atoms with van der Waals surface area (Å²) in [5.41, 5.74) is 0. The summed E-state index contributed by atoms with van der Waals surface area (Å²) in [7, 11) is 0. The zero-order chi connectivity index (χ0) is 11.3. The summed E-state index contributed by atoms with van der Waals surface area (Å²) >= 11 is 0. The standard InChI is InChI=1S/C10H17NO4/c12-5-3-1-2-4-11-9(13)7-6-8(7)10(14)15/h7-8,12H,1-6H2,(H,11,13)(H,14,15). The van der Waals surface area contributed by atoms with E-state index in [2.05, 4.69) is 5.32 Å². The molecule has 0 spiro atoms. The molecule has 2 atom stereocenters. The molecule has 0 aliphatic heterocycles. The van der Waals surface area contributed by atoms with Crippen LogP contribution in [0.3, 0.4) is 0 Å². The van der Waals surface area contributed by atoms with E-state index in [1.54, 1.807) is 0 Å². The molecule has 86 valence electrons. The van der Waals surface area contributed by atoms with E-state index in [4.69, 9.17) is 10.2 Å². The summed E-state index contributed by atoms with van der Waals surface area (Å²) in [6.45, 7) is 0.749. The second-order valence-corrected chi connectivity index (χ2v) is 3.86. The van der Waals surface area contributed by atoms with Crippen molar-refractivity contribution in [2.75, 3.05) is 13.2 Å². The first kappa shape index (κ1) is 12.0. The average molecular weight is 215 g/mol. The molecule has 1 aliphatic carbocycles. The van der Waals surface area contributed by atoms with Crippen LogP contribution in [0.4, 0.5) is 0 Å². The van der Waals surface area contributed by atoms with Gasteiger partial charge in [-0.25, -0.2) is 0 Å². The van der Waals surface area contributed by atoms with Crippen LogP contribution in [0.2, 0.25) is 0 Å². The minimum absolute atomic E-state index is 0.147. The molecule has 0 aromatic heterocycles. The van der Waals surface area contributed by atoms with E-state index in [1.165, 1.54) is 0 Å². The first-order valence-corrected chi connectivity index (χ1v) is 5.28. The van der Waals surface area contributed by atoms with E-state index in [-0.39, 0.29) is 18.4 Å². The van der Waals surface area contributed by atoms with Gasteiger partial charge in [-0.15, -0.1) is 0 Å². The van der Waals surface area contributed by atoms with Crippen molar-refractivity contribution in [3.63, 3.8) is 0 Å². The minimum atomic E-state index is -0.879. The Morgan fingerprint density at radius 1 is 1.20 bits per heavy atom. The van der Waals surface area contributed by atoms with Gasteiger partial charge in [-0.05, 0) is 25.7 Å². The van der Waals surface area contributed by atoms with Gasteiger partial charge in [0.05, 0.1) is 11.8 Å². The fraction of sp³-hybridized carbons (Fsp3) is 0.800. The molecule has 2 unspecified atom stereocenters. The highest BCUT2D eigenvalue weighted by Crippen LogP contribution is 2.38. The van der Waals surface area contributed by atoms with Crippen LogP contribution in [0.5, 0.6) is 0 Å². The van der Waals surface area contributed by atoms with E-state index in [0.717, 1.165) is 19.3 Å². The van der Waals surface area contributed by atoms with Gasteiger partial charge in [0, 0.05) is 13.2 Å². The molecule has 5 nitrogen and oxygen atoms in total. The Balaban J connectivity index is 2.03. The van der Waals surface area contributed by atoms with Crippen LogP contribution in [0.15, 0.2) is 0 Å². The van der Waals surface area contributed by atoms with Gasteiger partial charge in [-0.2, -0.15) is 0 Å². The third-order valence-corrected chi connectivity index (χ3v) is 2.58. The summed E-state index contributed by atoms with van der Waals surface area (Å²) in [4.78, 5) is 21.8. The Morgan fingerprint density at radius 3 is 2.47 bits per heavy atom. The maximum Gasteiger partial charge on any atom is 0.307 e. The topological polar surface area (TPSA) is 86.6 Å². The van der Waals surface area contributed by atoms with Crippen LogP contribution in [0.1, 0.15) is 25.7 Å². The summed E-state index contributed by atoms with van der Waals surface area (Å²) in [6, 6.07) is 0. The molecule has 1 fully saturated rings. The van der Waals surface area contributed by atoms with Gasteiger partial charge >= 0.3 is 5.97 Å². The average Bonchev–Trinajstić information content (AvgIpc) is 2.96. The molecular formula is C10H17NO4. The molecule has 1 saturated carbocycles. The third-order valence-electron chi connectivity index (χ3n) is 2.58. The molecule has 0 aromatic carbocycles. The molecule has 5 heteroatoms. The van der Waals surface area contributed by atoms with E-state index >= 15 is 0 Å². The number of hydrogen-bond donors (Lipinski definition) is 3. The van der Waals surface area contributed by atoms with Gasteiger partial charge in [0.2, 0.25) is 5.91 Å². The van der Waals surface area contributed by atoms with Gasteiger partial charge in [0.25, 0.3) is 0 Å². The molecule has 1 amide bonds. The maximum atomic E-state index is 11.3. The van der Waals surface area contributed by atoms with E-state index in [1.807, 2.05) is 0 Å². The van der Waals surface area contributed by atoms with Crippen molar-refractivity contribution in [3.8, 4) is 0 Å². The number of carboxylic acid groups (broad SMARTS) is 1. The quantitative estimate of drug-likeness (QED) is 0.521. The Bertz CT molecular complexity index is 242. The van der Waals surface area contributed by atoms with E-state index < -0.39 is 11.9 Å². The number of carbonyl (C=O) groups excluding carboxylic acids is 1. The van der Waals surface area contributed by atoms with Crippen LogP contribution >= 0.6 is 0 Å². The van der Waals surface area contributed by atoms with Crippen LogP contribution in [-0.4, -0.2) is 35.2 Å². The van der Waals surface area contributed by atoms with Crippen molar-refractivity contribution in [1.82, 2.24) is 5.32 Å². The predicted octanol–water partition coefficient (Wildman–Crippen LogP) is -0.0141. The highest BCUT2D eigenvalue weighted by atomic mass is 16.4. The summed E-state index contributed by atoms with van der Waals surface area (Å²) in [5.74, 6) is -1.82. The van der Waals surface area contributed by atoms with E-state index in [0.29, 0.717) is 13.0 Å². The zero-order valence-corrected chi connectivity index (χ0v) is 8.61. The molecule has 0 radical (unpaired) electrons. The first-order valence-electron chi connectivity index (χ1n) is 5.28. The Hall–Kier alpha value is -1.10. The van der Waals surface area contributed by atoms with Crippen LogP contribution < -0.4 is 5.32 Å². The molecule has 3 N–H and O–H groups in total. The lowest BCUT2D eigenvalue weighted by atomic mass is 10.2. The second kappa shape index (κ2) is 5.70. The number of carbonyl (C=O) groups is 2. The second-order valence-electron chi connectivity index (χ2n) is 3.86. The largest absolute Gasteiger partial charge is 0.481 e. The van der Waals surface area contributed by atoms with Gasteiger partial charge in [0.15, 0.2) is 0 Å². The lowest BCUT2D eigenvalue weighted by Crippen LogP contribution is -2.27. The van der Waals surface area contributed by atoms with Crippen molar-refractivity contribution in [2.45, 2.75) is 25.7 Å². The summed E-state index contributed by atoms with van der Waals surface area (Å²) in [6.07, 6.45) is 2.93. The molecule has 0 aromatic rings. The number of unbranched alkanes of at least 4 members (excludes halogenated alkanes) is 2. The van der Waals surface area contributed by atoms with Crippen molar-refractivity contribution in [3.05, 3.63) is 0 Å². The van der Waals surface area contributed by atoms with Crippen molar-refractivity contribution in [2.24, 2.45) is 11.8 Å². The molecule has 0 heterocycles. The highest BCUT2D eigenvalue weighted by molar-refractivity contribution is 5.89. The summed E-state index contributed by atoms with van der Waals surface area (Å²) < 4.78 is 0. The number of nitrogens with one attached hydrogen (secondary N) is 1. The third kappa shape index (κ3) is 3.87. The lowest BCUT2D eigenvalue weighted by Gasteiger charge is -2.03. The first-order chi connectivity index (χ1) is 7.16. The lowest BCUT2D eigenvalue weighted by molar-refractivity contribution is -0.140. The van der Waals surface area contributed by atoms with Crippen LogP contribution in [0.25, 0.3) is 0 Å².